The molecule has 1 aromatic rings. The van der Waals surface area contributed by atoms with Gasteiger partial charge in [0.05, 0.1) is 0 Å². The minimum Gasteiger partial charge on any atom is -0.356 e. The average Bonchev–Trinajstić information content (AvgIpc) is 2.92. The molecule has 0 saturated carbocycles. The summed E-state index contributed by atoms with van der Waals surface area (Å²) in [7, 11) is 0. The van der Waals surface area contributed by atoms with Gasteiger partial charge in [0.25, 0.3) is 0 Å². The molecule has 0 unspecified atom stereocenters. The Bertz CT molecular complexity index is 429. The highest BCUT2D eigenvalue weighted by Crippen LogP contribution is 2.39. The van der Waals surface area contributed by atoms with Crippen LogP contribution in [-0.2, 0) is 0 Å². The van der Waals surface area contributed by atoms with Crippen molar-refractivity contribution in [2.45, 2.75) is 37.6 Å². The number of likely N-dealkylation sites (tertiary alicyclic amines) is 1. The number of nitrogens with zero attached hydrogens (tertiary/aromatic N) is 3. The van der Waals surface area contributed by atoms with Gasteiger partial charge in [0.1, 0.15) is 5.82 Å². The van der Waals surface area contributed by atoms with E-state index in [1.165, 1.54) is 50.9 Å². The Balaban J connectivity index is 1.58. The average molecular weight is 305 g/mol. The van der Waals surface area contributed by atoms with Crippen LogP contribution < -0.4 is 4.90 Å². The molecular weight excluding hydrogens is 278 g/mol. The second kappa shape index (κ2) is 7.01. The lowest BCUT2D eigenvalue weighted by Gasteiger charge is -2.45. The Morgan fingerprint density at radius 2 is 2.05 bits per heavy atom. The Labute approximate surface area is 133 Å². The number of hydrogen-bond donors (Lipinski definition) is 0. The Kier molecular flexibility index (Phi) is 5.07. The largest absolute Gasteiger partial charge is 0.356 e. The highest BCUT2D eigenvalue weighted by Gasteiger charge is 2.42. The number of rotatable bonds is 5. The molecule has 0 bridgehead atoms. The van der Waals surface area contributed by atoms with E-state index in [0.29, 0.717) is 5.54 Å². The van der Waals surface area contributed by atoms with E-state index >= 15 is 0 Å². The van der Waals surface area contributed by atoms with Gasteiger partial charge in [0.15, 0.2) is 0 Å². The zero-order valence-corrected chi connectivity index (χ0v) is 13.9. The van der Waals surface area contributed by atoms with E-state index in [9.17, 15) is 0 Å². The summed E-state index contributed by atoms with van der Waals surface area (Å²) in [6.07, 6.45) is 10.9. The quantitative estimate of drug-likeness (QED) is 0.777. The first-order chi connectivity index (χ1) is 10.3. The molecule has 3 rings (SSSR count). The molecule has 2 saturated heterocycles. The summed E-state index contributed by atoms with van der Waals surface area (Å²) in [5.41, 5.74) is 0.504. The highest BCUT2D eigenvalue weighted by molar-refractivity contribution is 7.98. The third kappa shape index (κ3) is 3.37. The maximum Gasteiger partial charge on any atom is 0.128 e. The van der Waals surface area contributed by atoms with Gasteiger partial charge in [-0.15, -0.1) is 0 Å². The smallest absolute Gasteiger partial charge is 0.128 e. The van der Waals surface area contributed by atoms with Gasteiger partial charge >= 0.3 is 0 Å². The zero-order valence-electron chi connectivity index (χ0n) is 13.1. The van der Waals surface area contributed by atoms with Crippen molar-refractivity contribution in [3.05, 3.63) is 24.4 Å². The summed E-state index contributed by atoms with van der Waals surface area (Å²) < 4.78 is 0. The number of pyridine rings is 1. The number of hydrogen-bond acceptors (Lipinski definition) is 4. The van der Waals surface area contributed by atoms with E-state index in [1.54, 1.807) is 0 Å². The zero-order chi connectivity index (χ0) is 14.5. The summed E-state index contributed by atoms with van der Waals surface area (Å²) in [5, 5.41) is 0. The number of thioether (sulfide) groups is 1. The van der Waals surface area contributed by atoms with E-state index in [4.69, 9.17) is 0 Å². The standard InChI is InChI=1S/C17H27N3S/c1-21-15-5-12-20-11-4-7-17(20)8-13-19(14-9-17)16-6-2-3-10-18-16/h2-3,6,10H,4-5,7-9,11-15H2,1H3. The molecule has 4 heteroatoms. The van der Waals surface area contributed by atoms with Crippen LogP contribution in [0.2, 0.25) is 0 Å². The Morgan fingerprint density at radius 3 is 2.76 bits per heavy atom. The van der Waals surface area contributed by atoms with E-state index in [-0.39, 0.29) is 0 Å². The van der Waals surface area contributed by atoms with Crippen molar-refractivity contribution in [2.24, 2.45) is 0 Å². The van der Waals surface area contributed by atoms with E-state index in [1.807, 2.05) is 24.0 Å². The van der Waals surface area contributed by atoms with Crippen LogP contribution in [0.3, 0.4) is 0 Å². The molecule has 3 nitrogen and oxygen atoms in total. The predicted octanol–water partition coefficient (Wildman–Crippen LogP) is 3.27. The predicted molar refractivity (Wildman–Crippen MR) is 92.2 cm³/mol. The van der Waals surface area contributed by atoms with Gasteiger partial charge in [-0.25, -0.2) is 4.98 Å². The third-order valence-corrected chi connectivity index (χ3v) is 5.88. The Morgan fingerprint density at radius 1 is 1.19 bits per heavy atom. The van der Waals surface area contributed by atoms with Gasteiger partial charge in [0, 0.05) is 24.8 Å². The van der Waals surface area contributed by atoms with E-state index in [2.05, 4.69) is 33.2 Å². The fraction of sp³-hybridized carbons (Fsp3) is 0.706. The molecule has 2 aliphatic heterocycles. The van der Waals surface area contributed by atoms with Crippen molar-refractivity contribution < 1.29 is 0 Å². The molecule has 0 radical (unpaired) electrons. The van der Waals surface area contributed by atoms with Crippen molar-refractivity contribution >= 4 is 17.6 Å². The van der Waals surface area contributed by atoms with Gasteiger partial charge < -0.3 is 4.90 Å². The van der Waals surface area contributed by atoms with Crippen molar-refractivity contribution in [2.75, 3.05) is 43.1 Å². The van der Waals surface area contributed by atoms with E-state index < -0.39 is 0 Å². The maximum atomic E-state index is 4.51. The molecule has 1 aromatic heterocycles. The maximum absolute atomic E-state index is 4.51. The summed E-state index contributed by atoms with van der Waals surface area (Å²) in [5.74, 6) is 2.45. The second-order valence-corrected chi connectivity index (χ2v) is 7.32. The Hall–Kier alpha value is -0.740. The van der Waals surface area contributed by atoms with Crippen LogP contribution in [0, 0.1) is 0 Å². The number of anilines is 1. The van der Waals surface area contributed by atoms with Gasteiger partial charge in [-0.05, 0) is 69.3 Å². The number of aromatic nitrogens is 1. The van der Waals surface area contributed by atoms with Crippen molar-refractivity contribution in [1.82, 2.24) is 9.88 Å². The molecule has 3 heterocycles. The molecule has 0 aromatic carbocycles. The molecule has 0 atom stereocenters. The lowest BCUT2D eigenvalue weighted by atomic mass is 9.85. The van der Waals surface area contributed by atoms with Crippen molar-refractivity contribution in [3.63, 3.8) is 0 Å². The van der Waals surface area contributed by atoms with Gasteiger partial charge in [-0.1, -0.05) is 6.07 Å². The number of piperidine rings is 1. The van der Waals surface area contributed by atoms with Crippen molar-refractivity contribution in [1.29, 1.82) is 0 Å². The van der Waals surface area contributed by atoms with Crippen LogP contribution in [0.4, 0.5) is 5.82 Å². The molecule has 2 aliphatic rings. The van der Waals surface area contributed by atoms with Crippen LogP contribution in [0.25, 0.3) is 0 Å². The van der Waals surface area contributed by atoms with Gasteiger partial charge in [-0.2, -0.15) is 11.8 Å². The monoisotopic (exact) mass is 305 g/mol. The fourth-order valence-electron chi connectivity index (χ4n) is 4.00. The van der Waals surface area contributed by atoms with Crippen LogP contribution >= 0.6 is 11.8 Å². The molecule has 0 amide bonds. The molecule has 116 valence electrons. The van der Waals surface area contributed by atoms with Gasteiger partial charge in [0.2, 0.25) is 0 Å². The minimum absolute atomic E-state index is 0.504. The molecular formula is C17H27N3S. The molecule has 2 fully saturated rings. The van der Waals surface area contributed by atoms with Crippen LogP contribution in [0.15, 0.2) is 24.4 Å². The van der Waals surface area contributed by atoms with Crippen LogP contribution in [0.1, 0.15) is 32.1 Å². The first-order valence-corrected chi connectivity index (χ1v) is 9.63. The lowest BCUT2D eigenvalue weighted by molar-refractivity contribution is 0.108. The summed E-state index contributed by atoms with van der Waals surface area (Å²) in [4.78, 5) is 9.77. The van der Waals surface area contributed by atoms with Crippen molar-refractivity contribution in [3.8, 4) is 0 Å². The van der Waals surface area contributed by atoms with Crippen LogP contribution in [-0.4, -0.2) is 53.6 Å². The summed E-state index contributed by atoms with van der Waals surface area (Å²) >= 11 is 1.97. The molecule has 1 spiro atoms. The first kappa shape index (κ1) is 15.2. The summed E-state index contributed by atoms with van der Waals surface area (Å²) in [6.45, 7) is 4.94. The molecule has 0 N–H and O–H groups in total. The first-order valence-electron chi connectivity index (χ1n) is 8.24. The molecule has 0 aliphatic carbocycles. The fourth-order valence-corrected chi connectivity index (χ4v) is 4.42. The lowest BCUT2D eigenvalue weighted by Crippen LogP contribution is -2.52. The molecule has 21 heavy (non-hydrogen) atoms. The second-order valence-electron chi connectivity index (χ2n) is 6.34. The minimum atomic E-state index is 0.504. The van der Waals surface area contributed by atoms with E-state index in [0.717, 1.165) is 18.9 Å². The normalized spacial score (nSPS) is 22.0. The summed E-state index contributed by atoms with van der Waals surface area (Å²) in [6, 6.07) is 6.24. The van der Waals surface area contributed by atoms with Gasteiger partial charge in [-0.3, -0.25) is 4.90 Å². The van der Waals surface area contributed by atoms with Crippen LogP contribution in [0.5, 0.6) is 0 Å². The SMILES string of the molecule is CSCCCN1CCCC12CCN(c1ccccn1)CC2. The topological polar surface area (TPSA) is 19.4 Å². The highest BCUT2D eigenvalue weighted by atomic mass is 32.2. The third-order valence-electron chi connectivity index (χ3n) is 5.18.